The smallest absolute Gasteiger partial charge is 0.0599 e. The minimum absolute atomic E-state index is 0. The first-order valence-electron chi connectivity index (χ1n) is 5.42. The van der Waals surface area contributed by atoms with Gasteiger partial charge in [0.25, 0.3) is 0 Å². The predicted octanol–water partition coefficient (Wildman–Crippen LogP) is 1.93. The number of piperidine rings is 1. The highest BCUT2D eigenvalue weighted by molar-refractivity contribution is 5.85. The third-order valence-electron chi connectivity index (χ3n) is 2.75. The van der Waals surface area contributed by atoms with Crippen molar-refractivity contribution in [3.8, 4) is 0 Å². The lowest BCUT2D eigenvalue weighted by Crippen LogP contribution is -2.31. The summed E-state index contributed by atoms with van der Waals surface area (Å²) in [5, 5.41) is 0. The van der Waals surface area contributed by atoms with Crippen LogP contribution in [0.2, 0.25) is 0 Å². The number of rotatable bonds is 3. The molecule has 0 spiro atoms. The zero-order valence-electron chi connectivity index (χ0n) is 8.93. The van der Waals surface area contributed by atoms with Gasteiger partial charge in [0, 0.05) is 31.6 Å². The molecule has 1 aromatic heterocycles. The normalized spacial score (nSPS) is 17.1. The Morgan fingerprint density at radius 2 is 1.93 bits per heavy atom. The molecule has 0 radical (unpaired) electrons. The van der Waals surface area contributed by atoms with Crippen LogP contribution in [0, 0.1) is 0 Å². The average molecular weight is 228 g/mol. The largest absolute Gasteiger partial charge is 0.303 e. The lowest BCUT2D eigenvalue weighted by molar-refractivity contribution is 0.231. The van der Waals surface area contributed by atoms with Gasteiger partial charge in [-0.1, -0.05) is 6.42 Å². The second-order valence-corrected chi connectivity index (χ2v) is 3.85. The Morgan fingerprint density at radius 1 is 1.13 bits per heavy atom. The molecule has 0 saturated carbocycles. The van der Waals surface area contributed by atoms with Crippen LogP contribution < -0.4 is 0 Å². The number of hydrogen-bond donors (Lipinski definition) is 0. The first-order valence-corrected chi connectivity index (χ1v) is 5.42. The van der Waals surface area contributed by atoms with E-state index >= 15 is 0 Å². The number of aromatic nitrogens is 2. The van der Waals surface area contributed by atoms with Gasteiger partial charge in [-0.15, -0.1) is 12.4 Å². The highest BCUT2D eigenvalue weighted by atomic mass is 35.5. The van der Waals surface area contributed by atoms with E-state index in [-0.39, 0.29) is 12.4 Å². The fraction of sp³-hybridized carbons (Fsp3) is 0.636. The van der Waals surface area contributed by atoms with E-state index in [1.165, 1.54) is 32.4 Å². The van der Waals surface area contributed by atoms with E-state index in [1.54, 1.807) is 12.4 Å². The van der Waals surface area contributed by atoms with Gasteiger partial charge in [0.2, 0.25) is 0 Å². The van der Waals surface area contributed by atoms with E-state index in [4.69, 9.17) is 0 Å². The van der Waals surface area contributed by atoms with Crippen molar-refractivity contribution in [2.45, 2.75) is 25.7 Å². The predicted molar refractivity (Wildman–Crippen MR) is 63.3 cm³/mol. The lowest BCUT2D eigenvalue weighted by Gasteiger charge is -2.25. The Hall–Kier alpha value is -0.670. The Balaban J connectivity index is 0.00000112. The molecular weight excluding hydrogens is 210 g/mol. The Bertz CT molecular complexity index is 260. The van der Waals surface area contributed by atoms with E-state index < -0.39 is 0 Å². The fourth-order valence-electron chi connectivity index (χ4n) is 1.91. The van der Waals surface area contributed by atoms with Crippen molar-refractivity contribution in [1.82, 2.24) is 14.9 Å². The average Bonchev–Trinajstić information content (AvgIpc) is 2.29. The molecule has 1 saturated heterocycles. The van der Waals surface area contributed by atoms with Crippen molar-refractivity contribution in [3.05, 3.63) is 24.3 Å². The summed E-state index contributed by atoms with van der Waals surface area (Å²) in [5.74, 6) is 0. The summed E-state index contributed by atoms with van der Waals surface area (Å²) in [6, 6.07) is 0. The van der Waals surface area contributed by atoms with Crippen LogP contribution in [0.15, 0.2) is 18.6 Å². The van der Waals surface area contributed by atoms with Crippen molar-refractivity contribution in [1.29, 1.82) is 0 Å². The lowest BCUT2D eigenvalue weighted by atomic mass is 10.1. The first-order chi connectivity index (χ1) is 6.95. The van der Waals surface area contributed by atoms with Crippen LogP contribution >= 0.6 is 12.4 Å². The Kier molecular flexibility index (Phi) is 5.58. The molecule has 0 aliphatic carbocycles. The molecule has 84 valence electrons. The van der Waals surface area contributed by atoms with Crippen LogP contribution in [0.3, 0.4) is 0 Å². The second-order valence-electron chi connectivity index (χ2n) is 3.85. The van der Waals surface area contributed by atoms with Gasteiger partial charge in [-0.2, -0.15) is 0 Å². The second kappa shape index (κ2) is 6.75. The summed E-state index contributed by atoms with van der Waals surface area (Å²) in [6.07, 6.45) is 10.5. The van der Waals surface area contributed by atoms with E-state index in [1.807, 2.05) is 6.20 Å². The van der Waals surface area contributed by atoms with E-state index in [0.717, 1.165) is 18.7 Å². The van der Waals surface area contributed by atoms with E-state index in [9.17, 15) is 0 Å². The van der Waals surface area contributed by atoms with Gasteiger partial charge < -0.3 is 4.90 Å². The SMILES string of the molecule is Cl.c1cnc(CCN2CCCCC2)cn1. The standard InChI is InChI=1S/C11H17N3.ClH/c1-2-7-14(8-3-1)9-4-11-10-12-5-6-13-11;/h5-6,10H,1-4,7-9H2;1H. The maximum Gasteiger partial charge on any atom is 0.0599 e. The van der Waals surface area contributed by atoms with Crippen molar-refractivity contribution >= 4 is 12.4 Å². The molecule has 15 heavy (non-hydrogen) atoms. The third kappa shape index (κ3) is 4.14. The molecule has 1 aromatic rings. The van der Waals surface area contributed by atoms with Crippen LogP contribution in [0.25, 0.3) is 0 Å². The minimum atomic E-state index is 0. The monoisotopic (exact) mass is 227 g/mol. The van der Waals surface area contributed by atoms with E-state index in [2.05, 4.69) is 14.9 Å². The molecule has 4 heteroatoms. The molecule has 3 nitrogen and oxygen atoms in total. The minimum Gasteiger partial charge on any atom is -0.303 e. The van der Waals surface area contributed by atoms with Crippen LogP contribution in [0.5, 0.6) is 0 Å². The molecule has 0 atom stereocenters. The van der Waals surface area contributed by atoms with Gasteiger partial charge in [-0.05, 0) is 25.9 Å². The zero-order valence-corrected chi connectivity index (χ0v) is 9.75. The molecule has 0 N–H and O–H groups in total. The molecule has 0 bridgehead atoms. The van der Waals surface area contributed by atoms with Gasteiger partial charge in [0.15, 0.2) is 0 Å². The van der Waals surface area contributed by atoms with Gasteiger partial charge in [-0.25, -0.2) is 0 Å². The van der Waals surface area contributed by atoms with E-state index in [0.29, 0.717) is 0 Å². The molecule has 1 aliphatic rings. The molecule has 1 fully saturated rings. The Morgan fingerprint density at radius 3 is 2.60 bits per heavy atom. The molecule has 0 amide bonds. The van der Waals surface area contributed by atoms with Gasteiger partial charge in [-0.3, -0.25) is 9.97 Å². The fourth-order valence-corrected chi connectivity index (χ4v) is 1.91. The van der Waals surface area contributed by atoms with Crippen molar-refractivity contribution in [3.63, 3.8) is 0 Å². The van der Waals surface area contributed by atoms with Crippen molar-refractivity contribution in [2.75, 3.05) is 19.6 Å². The van der Waals surface area contributed by atoms with Gasteiger partial charge in [0.05, 0.1) is 5.69 Å². The number of halogens is 1. The molecule has 1 aliphatic heterocycles. The van der Waals surface area contributed by atoms with Crippen LogP contribution in [-0.2, 0) is 6.42 Å². The molecule has 2 heterocycles. The quantitative estimate of drug-likeness (QED) is 0.790. The number of hydrogen-bond acceptors (Lipinski definition) is 3. The van der Waals surface area contributed by atoms with Crippen LogP contribution in [0.4, 0.5) is 0 Å². The first kappa shape index (κ1) is 12.4. The van der Waals surface area contributed by atoms with Crippen molar-refractivity contribution < 1.29 is 0 Å². The molecular formula is C11H18ClN3. The van der Waals surface area contributed by atoms with Gasteiger partial charge in [0.1, 0.15) is 0 Å². The van der Waals surface area contributed by atoms with Gasteiger partial charge >= 0.3 is 0 Å². The maximum atomic E-state index is 4.27. The number of nitrogens with zero attached hydrogens (tertiary/aromatic N) is 3. The summed E-state index contributed by atoms with van der Waals surface area (Å²) in [6.45, 7) is 3.67. The zero-order chi connectivity index (χ0) is 9.64. The third-order valence-corrected chi connectivity index (χ3v) is 2.75. The van der Waals surface area contributed by atoms with Crippen LogP contribution in [-0.4, -0.2) is 34.5 Å². The maximum absolute atomic E-state index is 4.27. The molecule has 2 rings (SSSR count). The van der Waals surface area contributed by atoms with Crippen molar-refractivity contribution in [2.24, 2.45) is 0 Å². The summed E-state index contributed by atoms with van der Waals surface area (Å²) < 4.78 is 0. The summed E-state index contributed by atoms with van der Waals surface area (Å²) >= 11 is 0. The molecule has 0 unspecified atom stereocenters. The summed E-state index contributed by atoms with van der Waals surface area (Å²) in [7, 11) is 0. The highest BCUT2D eigenvalue weighted by Gasteiger charge is 2.09. The van der Waals surface area contributed by atoms with Crippen LogP contribution in [0.1, 0.15) is 25.0 Å². The molecule has 0 aromatic carbocycles. The topological polar surface area (TPSA) is 29.0 Å². The summed E-state index contributed by atoms with van der Waals surface area (Å²) in [5.41, 5.74) is 1.11. The number of likely N-dealkylation sites (tertiary alicyclic amines) is 1. The highest BCUT2D eigenvalue weighted by Crippen LogP contribution is 2.08. The summed E-state index contributed by atoms with van der Waals surface area (Å²) in [4.78, 5) is 10.9. The Labute approximate surface area is 97.3 Å².